The van der Waals surface area contributed by atoms with Crippen LogP contribution in [0.15, 0.2) is 36.6 Å². The second kappa shape index (κ2) is 5.76. The first-order chi connectivity index (χ1) is 7.26. The molecule has 0 radical (unpaired) electrons. The molecule has 1 aliphatic carbocycles. The molecule has 0 amide bonds. The summed E-state index contributed by atoms with van der Waals surface area (Å²) in [5, 5.41) is 0. The summed E-state index contributed by atoms with van der Waals surface area (Å²) in [5.41, 5.74) is -0.323. The Hall–Kier alpha value is -1.02. The van der Waals surface area contributed by atoms with Crippen molar-refractivity contribution < 1.29 is 9.47 Å². The van der Waals surface area contributed by atoms with Gasteiger partial charge in [0.15, 0.2) is 0 Å². The summed E-state index contributed by atoms with van der Waals surface area (Å²) in [6.45, 7) is 9.38. The highest BCUT2D eigenvalue weighted by Crippen LogP contribution is 2.26. The maximum Gasteiger partial charge on any atom is 0.115 e. The first kappa shape index (κ1) is 12.1. The Bertz CT molecular complexity index is 266. The summed E-state index contributed by atoms with van der Waals surface area (Å²) < 4.78 is 11.2. The summed E-state index contributed by atoms with van der Waals surface area (Å²) in [6.07, 6.45) is 9.73. The van der Waals surface area contributed by atoms with Crippen LogP contribution in [0.1, 0.15) is 26.7 Å². The van der Waals surface area contributed by atoms with Gasteiger partial charge in [-0.05, 0) is 31.6 Å². The lowest BCUT2D eigenvalue weighted by molar-refractivity contribution is 0.0278. The van der Waals surface area contributed by atoms with Crippen LogP contribution in [0.25, 0.3) is 0 Å². The number of hydrogen-bond acceptors (Lipinski definition) is 2. The van der Waals surface area contributed by atoms with Gasteiger partial charge in [0.25, 0.3) is 0 Å². The second-order valence-corrected chi connectivity index (χ2v) is 3.58. The third-order valence-electron chi connectivity index (χ3n) is 2.38. The first-order valence-electron chi connectivity index (χ1n) is 5.56. The lowest BCUT2D eigenvalue weighted by Gasteiger charge is -2.29. The van der Waals surface area contributed by atoms with E-state index in [1.807, 2.05) is 25.2 Å². The Labute approximate surface area is 92.3 Å². The van der Waals surface area contributed by atoms with E-state index in [0.717, 1.165) is 25.2 Å². The van der Waals surface area contributed by atoms with Crippen molar-refractivity contribution in [3.63, 3.8) is 0 Å². The molecule has 0 aromatic heterocycles. The molecule has 0 heterocycles. The van der Waals surface area contributed by atoms with E-state index in [4.69, 9.17) is 9.47 Å². The van der Waals surface area contributed by atoms with Gasteiger partial charge in [-0.25, -0.2) is 0 Å². The van der Waals surface area contributed by atoms with Crippen molar-refractivity contribution in [1.82, 2.24) is 0 Å². The van der Waals surface area contributed by atoms with Gasteiger partial charge in [-0.2, -0.15) is 0 Å². The van der Waals surface area contributed by atoms with E-state index < -0.39 is 0 Å². The van der Waals surface area contributed by atoms with Crippen LogP contribution in [0.3, 0.4) is 0 Å². The summed E-state index contributed by atoms with van der Waals surface area (Å²) in [6, 6.07) is 0. The molecule has 0 fully saturated rings. The smallest absolute Gasteiger partial charge is 0.115 e. The van der Waals surface area contributed by atoms with Gasteiger partial charge < -0.3 is 9.47 Å². The van der Waals surface area contributed by atoms with Crippen LogP contribution < -0.4 is 0 Å². The Kier molecular flexibility index (Phi) is 4.63. The largest absolute Gasteiger partial charge is 0.494 e. The maximum absolute atomic E-state index is 5.79. The molecule has 2 heteroatoms. The van der Waals surface area contributed by atoms with Gasteiger partial charge in [0.05, 0.1) is 6.61 Å². The Balaban J connectivity index is 2.59. The van der Waals surface area contributed by atoms with Gasteiger partial charge in [-0.15, -0.1) is 0 Å². The zero-order chi connectivity index (χ0) is 11.1. The minimum Gasteiger partial charge on any atom is -0.494 e. The third-order valence-corrected chi connectivity index (χ3v) is 2.38. The highest BCUT2D eigenvalue weighted by Gasteiger charge is 2.25. The summed E-state index contributed by atoms with van der Waals surface area (Å²) in [7, 11) is 0. The van der Waals surface area contributed by atoms with Gasteiger partial charge >= 0.3 is 0 Å². The van der Waals surface area contributed by atoms with Gasteiger partial charge in [-0.3, -0.25) is 0 Å². The van der Waals surface area contributed by atoms with Crippen LogP contribution in [-0.2, 0) is 9.47 Å². The molecule has 0 aromatic rings. The standard InChI is InChI=1S/C13H20O2/c1-4-11-15-13(5-2)9-7-12(8-10-13)14-6-3/h5,7-9H,2,4,6,10-11H2,1,3H3. The molecule has 0 saturated carbocycles. The summed E-state index contributed by atoms with van der Waals surface area (Å²) >= 11 is 0. The van der Waals surface area contributed by atoms with Gasteiger partial charge in [0.1, 0.15) is 11.4 Å². The molecule has 84 valence electrons. The lowest BCUT2D eigenvalue weighted by atomic mass is 9.94. The highest BCUT2D eigenvalue weighted by atomic mass is 16.5. The normalized spacial score (nSPS) is 24.8. The molecule has 1 unspecified atom stereocenters. The minimum atomic E-state index is -0.323. The number of rotatable bonds is 6. The van der Waals surface area contributed by atoms with E-state index in [1.165, 1.54) is 0 Å². The number of hydrogen-bond donors (Lipinski definition) is 0. The van der Waals surface area contributed by atoms with E-state index in [-0.39, 0.29) is 5.60 Å². The first-order valence-corrected chi connectivity index (χ1v) is 5.56. The highest BCUT2D eigenvalue weighted by molar-refractivity contribution is 5.28. The average molecular weight is 208 g/mol. The summed E-state index contributed by atoms with van der Waals surface area (Å²) in [4.78, 5) is 0. The average Bonchev–Trinajstić information content (AvgIpc) is 2.29. The monoisotopic (exact) mass is 208 g/mol. The molecular weight excluding hydrogens is 188 g/mol. The molecule has 1 rings (SSSR count). The molecule has 0 N–H and O–H groups in total. The van der Waals surface area contributed by atoms with Crippen LogP contribution in [0, 0.1) is 0 Å². The number of ether oxygens (including phenoxy) is 2. The van der Waals surface area contributed by atoms with Crippen molar-refractivity contribution >= 4 is 0 Å². The van der Waals surface area contributed by atoms with Gasteiger partial charge in [-0.1, -0.05) is 19.6 Å². The van der Waals surface area contributed by atoms with Crippen molar-refractivity contribution in [2.24, 2.45) is 0 Å². The molecule has 15 heavy (non-hydrogen) atoms. The SMILES string of the molecule is C=CC1(OCCC)C=CC(OCC)=CC1. The fourth-order valence-electron chi connectivity index (χ4n) is 1.50. The molecule has 0 saturated heterocycles. The van der Waals surface area contributed by atoms with E-state index in [9.17, 15) is 0 Å². The minimum absolute atomic E-state index is 0.323. The van der Waals surface area contributed by atoms with Crippen LogP contribution >= 0.6 is 0 Å². The second-order valence-electron chi connectivity index (χ2n) is 3.58. The van der Waals surface area contributed by atoms with E-state index in [2.05, 4.69) is 19.6 Å². The number of allylic oxidation sites excluding steroid dienone is 1. The molecule has 1 aliphatic rings. The van der Waals surface area contributed by atoms with E-state index >= 15 is 0 Å². The van der Waals surface area contributed by atoms with Crippen LogP contribution in [0.4, 0.5) is 0 Å². The maximum atomic E-state index is 5.79. The molecule has 1 atom stereocenters. The predicted octanol–water partition coefficient (Wildman–Crippen LogP) is 3.22. The molecule has 0 aromatic carbocycles. The Morgan fingerprint density at radius 1 is 1.53 bits per heavy atom. The molecule has 0 spiro atoms. The molecule has 0 bridgehead atoms. The Morgan fingerprint density at radius 3 is 2.80 bits per heavy atom. The fourth-order valence-corrected chi connectivity index (χ4v) is 1.50. The third kappa shape index (κ3) is 3.24. The van der Waals surface area contributed by atoms with Crippen molar-refractivity contribution in [3.8, 4) is 0 Å². The zero-order valence-electron chi connectivity index (χ0n) is 9.66. The quantitative estimate of drug-likeness (QED) is 0.624. The zero-order valence-corrected chi connectivity index (χ0v) is 9.66. The van der Waals surface area contributed by atoms with Crippen molar-refractivity contribution in [1.29, 1.82) is 0 Å². The van der Waals surface area contributed by atoms with Crippen molar-refractivity contribution in [2.75, 3.05) is 13.2 Å². The van der Waals surface area contributed by atoms with Crippen LogP contribution in [0.5, 0.6) is 0 Å². The summed E-state index contributed by atoms with van der Waals surface area (Å²) in [5.74, 6) is 0.926. The van der Waals surface area contributed by atoms with Crippen molar-refractivity contribution in [2.45, 2.75) is 32.3 Å². The molecule has 0 aliphatic heterocycles. The predicted molar refractivity (Wildman–Crippen MR) is 62.6 cm³/mol. The topological polar surface area (TPSA) is 18.5 Å². The lowest BCUT2D eigenvalue weighted by Crippen LogP contribution is -2.29. The fraction of sp³-hybridized carbons (Fsp3) is 0.538. The van der Waals surface area contributed by atoms with E-state index in [1.54, 1.807) is 0 Å². The van der Waals surface area contributed by atoms with Crippen LogP contribution in [0.2, 0.25) is 0 Å². The van der Waals surface area contributed by atoms with Crippen LogP contribution in [-0.4, -0.2) is 18.8 Å². The van der Waals surface area contributed by atoms with E-state index in [0.29, 0.717) is 6.61 Å². The van der Waals surface area contributed by atoms with Gasteiger partial charge in [0, 0.05) is 13.0 Å². The van der Waals surface area contributed by atoms with Gasteiger partial charge in [0.2, 0.25) is 0 Å². The van der Waals surface area contributed by atoms with Crippen molar-refractivity contribution in [3.05, 3.63) is 36.6 Å². The molecule has 2 nitrogen and oxygen atoms in total. The Morgan fingerprint density at radius 2 is 2.33 bits per heavy atom. The molecular formula is C13H20O2.